The first kappa shape index (κ1) is 19.3. The predicted molar refractivity (Wildman–Crippen MR) is 102 cm³/mol. The third-order valence-corrected chi connectivity index (χ3v) is 6.05. The van der Waals surface area contributed by atoms with Crippen molar-refractivity contribution in [1.82, 2.24) is 4.37 Å². The first-order chi connectivity index (χ1) is 12.9. The average Bonchev–Trinajstić information content (AvgIpc) is 3.27. The molecule has 2 heterocycles. The van der Waals surface area contributed by atoms with Crippen LogP contribution in [0.15, 0.2) is 0 Å². The Morgan fingerprint density at radius 1 is 1.19 bits per heavy atom. The van der Waals surface area contributed by atoms with E-state index in [0.717, 1.165) is 41.2 Å². The van der Waals surface area contributed by atoms with Gasteiger partial charge in [-0.05, 0) is 50.2 Å². The average molecular weight is 409 g/mol. The molecule has 0 saturated heterocycles. The Bertz CT molecular complexity index is 883. The second-order valence-electron chi connectivity index (χ2n) is 5.91. The standard InChI is InChI=1S/C17H19N3O5S2/c1-3-24-17(23)13-9-5-4-6-10(9)26-15(13)19-11(21)7-25-16(22)12-8(2)20-27-14(12)18/h3-7,18H2,1-2H3,(H,19,21). The van der Waals surface area contributed by atoms with Crippen LogP contribution in [0.25, 0.3) is 0 Å². The van der Waals surface area contributed by atoms with E-state index in [2.05, 4.69) is 9.69 Å². The van der Waals surface area contributed by atoms with Crippen LogP contribution in [0.3, 0.4) is 0 Å². The van der Waals surface area contributed by atoms with Crippen molar-refractivity contribution in [3.05, 3.63) is 27.3 Å². The lowest BCUT2D eigenvalue weighted by atomic mass is 10.1. The number of esters is 2. The van der Waals surface area contributed by atoms with Gasteiger partial charge in [-0.15, -0.1) is 11.3 Å². The first-order valence-corrected chi connectivity index (χ1v) is 10.0. The summed E-state index contributed by atoms with van der Waals surface area (Å²) in [5, 5.41) is 3.35. The van der Waals surface area contributed by atoms with E-state index in [1.807, 2.05) is 0 Å². The highest BCUT2D eigenvalue weighted by atomic mass is 32.1. The maximum atomic E-state index is 12.3. The number of anilines is 2. The van der Waals surface area contributed by atoms with Crippen molar-refractivity contribution >= 4 is 50.7 Å². The molecule has 8 nitrogen and oxygen atoms in total. The molecule has 144 valence electrons. The number of aromatic nitrogens is 1. The van der Waals surface area contributed by atoms with E-state index in [-0.39, 0.29) is 17.2 Å². The van der Waals surface area contributed by atoms with E-state index in [1.165, 1.54) is 11.3 Å². The van der Waals surface area contributed by atoms with Crippen molar-refractivity contribution in [1.29, 1.82) is 0 Å². The molecule has 0 unspecified atom stereocenters. The number of hydrogen-bond acceptors (Lipinski definition) is 9. The lowest BCUT2D eigenvalue weighted by molar-refractivity contribution is -0.119. The number of fused-ring (bicyclic) bond motifs is 1. The van der Waals surface area contributed by atoms with Gasteiger partial charge in [0.25, 0.3) is 5.91 Å². The van der Waals surface area contributed by atoms with Crippen LogP contribution in [0, 0.1) is 6.92 Å². The van der Waals surface area contributed by atoms with Gasteiger partial charge in [0, 0.05) is 4.88 Å². The molecule has 2 aromatic heterocycles. The molecule has 0 bridgehead atoms. The highest BCUT2D eigenvalue weighted by Crippen LogP contribution is 2.39. The molecule has 3 rings (SSSR count). The molecule has 1 amide bonds. The number of amides is 1. The zero-order valence-electron chi connectivity index (χ0n) is 14.9. The van der Waals surface area contributed by atoms with E-state index in [4.69, 9.17) is 15.2 Å². The van der Waals surface area contributed by atoms with E-state index < -0.39 is 24.5 Å². The zero-order valence-corrected chi connectivity index (χ0v) is 16.6. The van der Waals surface area contributed by atoms with Crippen molar-refractivity contribution in [2.75, 3.05) is 24.3 Å². The lowest BCUT2D eigenvalue weighted by Crippen LogP contribution is -2.22. The van der Waals surface area contributed by atoms with Gasteiger partial charge in [0.05, 0.1) is 17.9 Å². The van der Waals surface area contributed by atoms with Crippen molar-refractivity contribution in [3.63, 3.8) is 0 Å². The van der Waals surface area contributed by atoms with Crippen LogP contribution in [0.2, 0.25) is 0 Å². The summed E-state index contributed by atoms with van der Waals surface area (Å²) in [6.07, 6.45) is 2.64. The van der Waals surface area contributed by atoms with E-state index >= 15 is 0 Å². The van der Waals surface area contributed by atoms with Gasteiger partial charge in [-0.25, -0.2) is 9.59 Å². The van der Waals surface area contributed by atoms with Crippen LogP contribution < -0.4 is 11.1 Å². The van der Waals surface area contributed by atoms with E-state index in [1.54, 1.807) is 13.8 Å². The Balaban J connectivity index is 1.68. The SMILES string of the molecule is CCOC(=O)c1c(NC(=O)COC(=O)c2c(C)nsc2N)sc2c1CCC2. The van der Waals surface area contributed by atoms with Crippen LogP contribution in [-0.2, 0) is 27.1 Å². The molecule has 0 radical (unpaired) electrons. The minimum Gasteiger partial charge on any atom is -0.462 e. The van der Waals surface area contributed by atoms with Crippen LogP contribution in [-0.4, -0.2) is 35.4 Å². The molecule has 3 N–H and O–H groups in total. The van der Waals surface area contributed by atoms with Crippen molar-refractivity contribution in [2.45, 2.75) is 33.1 Å². The molecule has 0 saturated carbocycles. The summed E-state index contributed by atoms with van der Waals surface area (Å²) in [5.74, 6) is -1.68. The zero-order chi connectivity index (χ0) is 19.6. The second-order valence-corrected chi connectivity index (χ2v) is 7.82. The molecule has 0 aliphatic heterocycles. The highest BCUT2D eigenvalue weighted by Gasteiger charge is 2.28. The number of hydrogen-bond donors (Lipinski definition) is 2. The number of carbonyl (C=O) groups is 3. The summed E-state index contributed by atoms with van der Waals surface area (Å²) in [7, 11) is 0. The normalized spacial score (nSPS) is 12.5. The number of nitrogens with one attached hydrogen (secondary N) is 1. The van der Waals surface area contributed by atoms with Crippen molar-refractivity contribution < 1.29 is 23.9 Å². The summed E-state index contributed by atoms with van der Waals surface area (Å²) >= 11 is 2.36. The van der Waals surface area contributed by atoms with Crippen molar-refractivity contribution in [2.24, 2.45) is 0 Å². The molecule has 2 aromatic rings. The maximum Gasteiger partial charge on any atom is 0.343 e. The minimum absolute atomic E-state index is 0.176. The molecule has 0 atom stereocenters. The van der Waals surface area contributed by atoms with E-state index in [9.17, 15) is 14.4 Å². The van der Waals surface area contributed by atoms with Crippen molar-refractivity contribution in [3.8, 4) is 0 Å². The molecule has 0 fully saturated rings. The van der Waals surface area contributed by atoms with E-state index in [0.29, 0.717) is 16.3 Å². The Hall–Kier alpha value is -2.46. The Labute approximate surface area is 163 Å². The quantitative estimate of drug-likeness (QED) is 0.703. The van der Waals surface area contributed by atoms with Crippen LogP contribution in [0.1, 0.15) is 50.2 Å². The molecule has 27 heavy (non-hydrogen) atoms. The van der Waals surface area contributed by atoms with Gasteiger partial charge in [-0.2, -0.15) is 4.37 Å². The fraction of sp³-hybridized carbons (Fsp3) is 0.412. The second kappa shape index (κ2) is 8.05. The molecular formula is C17H19N3O5S2. The fourth-order valence-electron chi connectivity index (χ4n) is 2.91. The number of rotatable bonds is 6. The molecular weight excluding hydrogens is 390 g/mol. The third-order valence-electron chi connectivity index (χ3n) is 4.08. The largest absolute Gasteiger partial charge is 0.462 e. The monoisotopic (exact) mass is 409 g/mol. The molecule has 1 aliphatic rings. The summed E-state index contributed by atoms with van der Waals surface area (Å²) in [6, 6.07) is 0. The number of ether oxygens (including phenoxy) is 2. The van der Waals surface area contributed by atoms with Gasteiger partial charge in [0.2, 0.25) is 0 Å². The predicted octanol–water partition coefficient (Wildman–Crippen LogP) is 2.56. The smallest absolute Gasteiger partial charge is 0.343 e. The summed E-state index contributed by atoms with van der Waals surface area (Å²) in [6.45, 7) is 3.14. The number of carbonyl (C=O) groups excluding carboxylic acids is 3. The lowest BCUT2D eigenvalue weighted by Gasteiger charge is -2.08. The van der Waals surface area contributed by atoms with Crippen LogP contribution in [0.4, 0.5) is 10.0 Å². The van der Waals surface area contributed by atoms with Gasteiger partial charge in [-0.1, -0.05) is 0 Å². The summed E-state index contributed by atoms with van der Waals surface area (Å²) in [4.78, 5) is 37.7. The third kappa shape index (κ3) is 3.96. The Morgan fingerprint density at radius 3 is 2.59 bits per heavy atom. The summed E-state index contributed by atoms with van der Waals surface area (Å²) < 4.78 is 14.1. The highest BCUT2D eigenvalue weighted by molar-refractivity contribution is 7.17. The molecule has 0 spiro atoms. The Kier molecular flexibility index (Phi) is 5.76. The Morgan fingerprint density at radius 2 is 1.93 bits per heavy atom. The van der Waals surface area contributed by atoms with Gasteiger partial charge in [-0.3, -0.25) is 4.79 Å². The fourth-order valence-corrected chi connectivity index (χ4v) is 4.86. The number of nitrogen functional groups attached to an aromatic ring is 1. The minimum atomic E-state index is -0.701. The van der Waals surface area contributed by atoms with Gasteiger partial charge >= 0.3 is 11.9 Å². The number of nitrogens with zero attached hydrogens (tertiary/aromatic N) is 1. The number of aryl methyl sites for hydroxylation is 2. The topological polar surface area (TPSA) is 121 Å². The van der Waals surface area contributed by atoms with Crippen LogP contribution >= 0.6 is 22.9 Å². The van der Waals surface area contributed by atoms with Gasteiger partial charge < -0.3 is 20.5 Å². The number of thiophene rings is 1. The maximum absolute atomic E-state index is 12.3. The summed E-state index contributed by atoms with van der Waals surface area (Å²) in [5.41, 5.74) is 7.69. The van der Waals surface area contributed by atoms with Gasteiger partial charge in [0.1, 0.15) is 15.6 Å². The molecule has 0 aromatic carbocycles. The molecule has 10 heteroatoms. The van der Waals surface area contributed by atoms with Crippen LogP contribution in [0.5, 0.6) is 0 Å². The first-order valence-electron chi connectivity index (χ1n) is 8.42. The molecule has 1 aliphatic carbocycles. The number of nitrogens with two attached hydrogens (primary N) is 1. The van der Waals surface area contributed by atoms with Gasteiger partial charge in [0.15, 0.2) is 6.61 Å².